The highest BCUT2D eigenvalue weighted by molar-refractivity contribution is 5.38. The van der Waals surface area contributed by atoms with E-state index in [1.165, 1.54) is 11.1 Å². The smallest absolute Gasteiger partial charge is 0.0249 e. The normalized spacial score (nSPS) is 19.5. The van der Waals surface area contributed by atoms with Crippen LogP contribution in [0.25, 0.3) is 0 Å². The van der Waals surface area contributed by atoms with Crippen molar-refractivity contribution in [1.82, 2.24) is 4.90 Å². The largest absolute Gasteiger partial charge is 0.303 e. The Kier molecular flexibility index (Phi) is 3.49. The van der Waals surface area contributed by atoms with Gasteiger partial charge in [0.25, 0.3) is 0 Å². The fraction of sp³-hybridized carbons (Fsp3) is 0.500. The fourth-order valence-electron chi connectivity index (χ4n) is 1.36. The Hall–Kier alpha value is -0.820. The Bertz CT molecular complexity index is 256. The lowest BCUT2D eigenvalue weighted by Crippen LogP contribution is -2.22. The maximum Gasteiger partial charge on any atom is 0.0249 e. The molecule has 0 aromatic heterocycles. The van der Waals surface area contributed by atoms with Crippen molar-refractivity contribution < 1.29 is 0 Å². The summed E-state index contributed by atoms with van der Waals surface area (Å²) in [5, 5.41) is 0. The molecule has 0 spiro atoms. The van der Waals surface area contributed by atoms with Gasteiger partial charge < -0.3 is 4.90 Å². The summed E-state index contributed by atoms with van der Waals surface area (Å²) in [5.74, 6) is 0. The highest BCUT2D eigenvalue weighted by Crippen LogP contribution is 2.19. The van der Waals surface area contributed by atoms with E-state index in [1.54, 1.807) is 0 Å². The van der Waals surface area contributed by atoms with Crippen molar-refractivity contribution in [2.45, 2.75) is 26.3 Å². The summed E-state index contributed by atoms with van der Waals surface area (Å²) in [5.41, 5.74) is 2.86. The Morgan fingerprint density at radius 3 is 2.69 bits per heavy atom. The molecule has 0 saturated carbocycles. The van der Waals surface area contributed by atoms with Crippen LogP contribution in [0, 0.1) is 0 Å². The lowest BCUT2D eigenvalue weighted by Gasteiger charge is -2.17. The molecule has 0 saturated heterocycles. The molecule has 1 nitrogen and oxygen atoms in total. The van der Waals surface area contributed by atoms with Crippen LogP contribution in [0.5, 0.6) is 0 Å². The molecule has 0 amide bonds. The van der Waals surface area contributed by atoms with Crippen LogP contribution in [0.1, 0.15) is 20.3 Å². The van der Waals surface area contributed by atoms with Crippen LogP contribution in [-0.4, -0.2) is 25.0 Å². The van der Waals surface area contributed by atoms with E-state index in [0.29, 0.717) is 6.04 Å². The van der Waals surface area contributed by atoms with Gasteiger partial charge in [0, 0.05) is 6.04 Å². The average Bonchev–Trinajstić information content (AvgIpc) is 2.55. The maximum atomic E-state index is 2.32. The van der Waals surface area contributed by atoms with Gasteiger partial charge >= 0.3 is 0 Å². The second kappa shape index (κ2) is 4.43. The molecule has 0 aromatic carbocycles. The molecular formula is C12H19N. The predicted molar refractivity (Wildman–Crippen MR) is 58.7 cm³/mol. The quantitative estimate of drug-likeness (QED) is 0.640. The van der Waals surface area contributed by atoms with Gasteiger partial charge in [0.1, 0.15) is 0 Å². The van der Waals surface area contributed by atoms with E-state index in [1.807, 2.05) is 0 Å². The molecular weight excluding hydrogens is 158 g/mol. The number of allylic oxidation sites excluding steroid dienone is 5. The first-order chi connectivity index (χ1) is 6.11. The molecule has 0 radical (unpaired) electrons. The Morgan fingerprint density at radius 1 is 1.54 bits per heavy atom. The van der Waals surface area contributed by atoms with Crippen molar-refractivity contribution in [3.05, 3.63) is 35.5 Å². The van der Waals surface area contributed by atoms with E-state index in [2.05, 4.69) is 57.1 Å². The van der Waals surface area contributed by atoms with Crippen LogP contribution >= 0.6 is 0 Å². The zero-order valence-electron chi connectivity index (χ0n) is 9.04. The van der Waals surface area contributed by atoms with Crippen molar-refractivity contribution in [2.24, 2.45) is 0 Å². The van der Waals surface area contributed by atoms with Crippen LogP contribution in [0.15, 0.2) is 35.5 Å². The minimum Gasteiger partial charge on any atom is -0.303 e. The number of hydrogen-bond donors (Lipinski definition) is 0. The number of rotatable bonds is 3. The van der Waals surface area contributed by atoms with Gasteiger partial charge in [-0.05, 0) is 39.9 Å². The zero-order chi connectivity index (χ0) is 9.84. The van der Waals surface area contributed by atoms with E-state index in [0.717, 1.165) is 6.42 Å². The van der Waals surface area contributed by atoms with Gasteiger partial charge in [-0.25, -0.2) is 0 Å². The zero-order valence-corrected chi connectivity index (χ0v) is 9.04. The first kappa shape index (κ1) is 10.3. The van der Waals surface area contributed by atoms with E-state index < -0.39 is 0 Å². The molecule has 1 aliphatic carbocycles. The summed E-state index contributed by atoms with van der Waals surface area (Å²) in [4.78, 5) is 2.21. The third kappa shape index (κ3) is 2.85. The van der Waals surface area contributed by atoms with Crippen LogP contribution in [0.4, 0.5) is 0 Å². The van der Waals surface area contributed by atoms with Gasteiger partial charge in [-0.2, -0.15) is 0 Å². The minimum atomic E-state index is 0.515. The molecule has 0 fully saturated rings. The molecule has 0 heterocycles. The van der Waals surface area contributed by atoms with Gasteiger partial charge in [0.15, 0.2) is 0 Å². The first-order valence-corrected chi connectivity index (χ1v) is 4.82. The lowest BCUT2D eigenvalue weighted by atomic mass is 10.0. The van der Waals surface area contributed by atoms with Gasteiger partial charge in [-0.15, -0.1) is 0 Å². The molecule has 0 bridgehead atoms. The number of likely N-dealkylation sites (N-methyl/N-ethyl adjacent to an activating group) is 1. The van der Waals surface area contributed by atoms with Crippen molar-refractivity contribution in [3.63, 3.8) is 0 Å². The summed E-state index contributed by atoms with van der Waals surface area (Å²) in [6, 6.07) is 0.515. The van der Waals surface area contributed by atoms with Gasteiger partial charge in [0.2, 0.25) is 0 Å². The predicted octanol–water partition coefficient (Wildman–Crippen LogP) is 2.77. The van der Waals surface area contributed by atoms with E-state index in [4.69, 9.17) is 0 Å². The minimum absolute atomic E-state index is 0.515. The Morgan fingerprint density at radius 2 is 2.23 bits per heavy atom. The van der Waals surface area contributed by atoms with Crippen molar-refractivity contribution in [3.8, 4) is 0 Å². The van der Waals surface area contributed by atoms with Crippen LogP contribution < -0.4 is 0 Å². The molecule has 1 aliphatic rings. The summed E-state index contributed by atoms with van der Waals surface area (Å²) in [7, 11) is 4.21. The van der Waals surface area contributed by atoms with Crippen LogP contribution in [-0.2, 0) is 0 Å². The Balaban J connectivity index is 2.61. The van der Waals surface area contributed by atoms with Crippen molar-refractivity contribution in [1.29, 1.82) is 0 Å². The van der Waals surface area contributed by atoms with Crippen LogP contribution in [0.3, 0.4) is 0 Å². The highest BCUT2D eigenvalue weighted by atomic mass is 15.1. The van der Waals surface area contributed by atoms with Crippen molar-refractivity contribution >= 4 is 0 Å². The topological polar surface area (TPSA) is 3.24 Å². The molecule has 1 unspecified atom stereocenters. The molecule has 13 heavy (non-hydrogen) atoms. The van der Waals surface area contributed by atoms with Gasteiger partial charge in [-0.1, -0.05) is 29.9 Å². The molecule has 0 N–H and O–H groups in total. The standard InChI is InChI=1S/C12H19N/c1-10(9-11(2)13(3)4)12-7-5-6-8-12/h5-7,9,11H,8H2,1-4H3. The highest BCUT2D eigenvalue weighted by Gasteiger charge is 2.05. The molecule has 1 heteroatoms. The fourth-order valence-corrected chi connectivity index (χ4v) is 1.36. The van der Waals surface area contributed by atoms with E-state index >= 15 is 0 Å². The third-order valence-electron chi connectivity index (χ3n) is 2.58. The third-order valence-corrected chi connectivity index (χ3v) is 2.58. The summed E-state index contributed by atoms with van der Waals surface area (Å²) in [6.45, 7) is 4.41. The SMILES string of the molecule is CC(=CC(C)N(C)C)C1=CC=CC1. The number of nitrogens with zero attached hydrogens (tertiary/aromatic N) is 1. The molecule has 0 aromatic rings. The molecule has 1 atom stereocenters. The molecule has 0 aliphatic heterocycles. The number of hydrogen-bond acceptors (Lipinski definition) is 1. The van der Waals surface area contributed by atoms with E-state index in [-0.39, 0.29) is 0 Å². The average molecular weight is 177 g/mol. The first-order valence-electron chi connectivity index (χ1n) is 4.82. The summed E-state index contributed by atoms with van der Waals surface area (Å²) < 4.78 is 0. The summed E-state index contributed by atoms with van der Waals surface area (Å²) >= 11 is 0. The monoisotopic (exact) mass is 177 g/mol. The van der Waals surface area contributed by atoms with Gasteiger partial charge in [0.05, 0.1) is 0 Å². The van der Waals surface area contributed by atoms with E-state index in [9.17, 15) is 0 Å². The van der Waals surface area contributed by atoms with Crippen LogP contribution in [0.2, 0.25) is 0 Å². The summed E-state index contributed by atoms with van der Waals surface area (Å²) in [6.07, 6.45) is 9.95. The van der Waals surface area contributed by atoms with Crippen molar-refractivity contribution in [2.75, 3.05) is 14.1 Å². The molecule has 1 rings (SSSR count). The van der Waals surface area contributed by atoms with Gasteiger partial charge in [-0.3, -0.25) is 0 Å². The second-order valence-corrected chi connectivity index (χ2v) is 3.88. The molecule has 72 valence electrons. The maximum absolute atomic E-state index is 2.32. The Labute approximate surface area is 81.4 Å². The second-order valence-electron chi connectivity index (χ2n) is 3.88. The lowest BCUT2D eigenvalue weighted by molar-refractivity contribution is 0.363.